The van der Waals surface area contributed by atoms with Gasteiger partial charge >= 0.3 is 0 Å². The number of benzene rings is 1. The molecule has 7 heteroatoms. The van der Waals surface area contributed by atoms with Crippen LogP contribution in [0.15, 0.2) is 23.1 Å². The molecule has 1 aromatic rings. The summed E-state index contributed by atoms with van der Waals surface area (Å²) in [4.78, 5) is 12.0. The van der Waals surface area contributed by atoms with Gasteiger partial charge in [0.25, 0.3) is 0 Å². The van der Waals surface area contributed by atoms with Crippen molar-refractivity contribution in [2.45, 2.75) is 38.6 Å². The molecule has 0 bridgehead atoms. The molecule has 22 heavy (non-hydrogen) atoms. The van der Waals surface area contributed by atoms with Crippen LogP contribution in [0.1, 0.15) is 26.3 Å². The summed E-state index contributed by atoms with van der Waals surface area (Å²) >= 11 is 0. The predicted octanol–water partition coefficient (Wildman–Crippen LogP) is 1.44. The number of amides is 1. The first-order valence-electron chi connectivity index (χ1n) is 7.12. The van der Waals surface area contributed by atoms with Gasteiger partial charge in [-0.15, -0.1) is 0 Å². The lowest BCUT2D eigenvalue weighted by Crippen LogP contribution is -2.45. The molecule has 2 N–H and O–H groups in total. The molecule has 0 aliphatic rings. The molecule has 124 valence electrons. The maximum absolute atomic E-state index is 12.3. The number of carbonyl (C=O) groups excluding carboxylic acids is 1. The Morgan fingerprint density at radius 3 is 2.41 bits per heavy atom. The molecule has 0 fully saturated rings. The van der Waals surface area contributed by atoms with Crippen molar-refractivity contribution >= 4 is 15.9 Å². The molecule has 1 amide bonds. The second-order valence-corrected chi connectivity index (χ2v) is 7.33. The summed E-state index contributed by atoms with van der Waals surface area (Å²) in [7, 11) is -2.23. The highest BCUT2D eigenvalue weighted by atomic mass is 32.2. The van der Waals surface area contributed by atoms with Crippen LogP contribution in [0.3, 0.4) is 0 Å². The Bertz CT molecular complexity index is 626. The summed E-state index contributed by atoms with van der Waals surface area (Å²) < 4.78 is 32.1. The van der Waals surface area contributed by atoms with Gasteiger partial charge in [0.15, 0.2) is 0 Å². The van der Waals surface area contributed by atoms with Crippen LogP contribution in [-0.2, 0) is 14.8 Å². The summed E-state index contributed by atoms with van der Waals surface area (Å²) in [5, 5.41) is 2.70. The number of hydrogen-bond donors (Lipinski definition) is 2. The van der Waals surface area contributed by atoms with Crippen molar-refractivity contribution in [2.24, 2.45) is 5.92 Å². The topological polar surface area (TPSA) is 84.5 Å². The van der Waals surface area contributed by atoms with Crippen molar-refractivity contribution < 1.29 is 17.9 Å². The Labute approximate surface area is 132 Å². The van der Waals surface area contributed by atoms with Crippen LogP contribution in [-0.4, -0.2) is 34.0 Å². The molecule has 1 aromatic carbocycles. The van der Waals surface area contributed by atoms with Crippen molar-refractivity contribution in [3.8, 4) is 5.75 Å². The molecular formula is C15H24N2O4S. The Hall–Kier alpha value is -1.60. The van der Waals surface area contributed by atoms with E-state index < -0.39 is 16.1 Å². The van der Waals surface area contributed by atoms with Gasteiger partial charge in [0, 0.05) is 6.54 Å². The Morgan fingerprint density at radius 2 is 1.91 bits per heavy atom. The van der Waals surface area contributed by atoms with Crippen molar-refractivity contribution in [1.29, 1.82) is 0 Å². The van der Waals surface area contributed by atoms with Crippen LogP contribution in [0.4, 0.5) is 0 Å². The fourth-order valence-electron chi connectivity index (χ4n) is 1.83. The van der Waals surface area contributed by atoms with Gasteiger partial charge in [-0.25, -0.2) is 8.42 Å². The first-order valence-corrected chi connectivity index (χ1v) is 8.60. The molecule has 0 aromatic heterocycles. The van der Waals surface area contributed by atoms with Gasteiger partial charge < -0.3 is 10.1 Å². The average Bonchev–Trinajstić information content (AvgIpc) is 2.43. The normalized spacial score (nSPS) is 13.0. The number of hydrogen-bond acceptors (Lipinski definition) is 4. The van der Waals surface area contributed by atoms with E-state index in [-0.39, 0.29) is 10.8 Å². The molecule has 0 saturated carbocycles. The molecule has 6 nitrogen and oxygen atoms in total. The number of ether oxygens (including phenoxy) is 1. The number of methoxy groups -OCH3 is 1. The highest BCUT2D eigenvalue weighted by molar-refractivity contribution is 7.89. The predicted molar refractivity (Wildman–Crippen MR) is 85.4 cm³/mol. The molecule has 0 unspecified atom stereocenters. The third kappa shape index (κ3) is 4.99. The van der Waals surface area contributed by atoms with Crippen molar-refractivity contribution in [2.75, 3.05) is 13.7 Å². The van der Waals surface area contributed by atoms with Crippen molar-refractivity contribution in [1.82, 2.24) is 10.0 Å². The molecule has 0 radical (unpaired) electrons. The zero-order valence-electron chi connectivity index (χ0n) is 13.6. The van der Waals surface area contributed by atoms with Gasteiger partial charge in [0.1, 0.15) is 5.75 Å². The van der Waals surface area contributed by atoms with Gasteiger partial charge in [-0.2, -0.15) is 4.72 Å². The molecular weight excluding hydrogens is 304 g/mol. The number of carbonyl (C=O) groups is 1. The number of nitrogens with one attached hydrogen (secondary N) is 2. The Morgan fingerprint density at radius 1 is 1.27 bits per heavy atom. The van der Waals surface area contributed by atoms with Crippen LogP contribution < -0.4 is 14.8 Å². The van der Waals surface area contributed by atoms with E-state index in [1.807, 2.05) is 13.8 Å². The maximum Gasteiger partial charge on any atom is 0.241 e. The quantitative estimate of drug-likeness (QED) is 0.793. The summed E-state index contributed by atoms with van der Waals surface area (Å²) in [6, 6.07) is 3.71. The van der Waals surface area contributed by atoms with Crippen LogP contribution in [0.2, 0.25) is 0 Å². The average molecular weight is 328 g/mol. The first kappa shape index (κ1) is 18.4. The minimum absolute atomic E-state index is 0.106. The largest absolute Gasteiger partial charge is 0.496 e. The zero-order chi connectivity index (χ0) is 16.9. The van der Waals surface area contributed by atoms with Crippen LogP contribution in [0, 0.1) is 12.8 Å². The fourth-order valence-corrected chi connectivity index (χ4v) is 3.12. The third-order valence-corrected chi connectivity index (χ3v) is 4.62. The lowest BCUT2D eigenvalue weighted by atomic mass is 10.2. The van der Waals surface area contributed by atoms with Crippen molar-refractivity contribution in [3.63, 3.8) is 0 Å². The van der Waals surface area contributed by atoms with Gasteiger partial charge in [-0.05, 0) is 43.5 Å². The SMILES string of the molecule is COc1ccc(S(=O)(=O)N[C@H](C)C(=O)NCC(C)C)cc1C. The lowest BCUT2D eigenvalue weighted by molar-refractivity contribution is -0.122. The highest BCUT2D eigenvalue weighted by Crippen LogP contribution is 2.21. The van der Waals surface area contributed by atoms with Gasteiger partial charge in [0.2, 0.25) is 15.9 Å². The van der Waals surface area contributed by atoms with E-state index in [0.29, 0.717) is 23.8 Å². The van der Waals surface area contributed by atoms with E-state index in [2.05, 4.69) is 10.0 Å². The highest BCUT2D eigenvalue weighted by Gasteiger charge is 2.22. The fraction of sp³-hybridized carbons (Fsp3) is 0.533. The van der Waals surface area contributed by atoms with Gasteiger partial charge in [-0.1, -0.05) is 13.8 Å². The molecule has 0 aliphatic heterocycles. The van der Waals surface area contributed by atoms with Gasteiger partial charge in [-0.3, -0.25) is 4.79 Å². The van der Waals surface area contributed by atoms with Crippen LogP contribution >= 0.6 is 0 Å². The molecule has 0 saturated heterocycles. The van der Waals surface area contributed by atoms with Crippen LogP contribution in [0.25, 0.3) is 0 Å². The first-order chi connectivity index (χ1) is 10.2. The molecule has 0 aliphatic carbocycles. The second kappa shape index (κ2) is 7.60. The number of sulfonamides is 1. The smallest absolute Gasteiger partial charge is 0.241 e. The van der Waals surface area contributed by atoms with Crippen molar-refractivity contribution in [3.05, 3.63) is 23.8 Å². The molecule has 1 atom stereocenters. The van der Waals surface area contributed by atoms with Gasteiger partial charge in [0.05, 0.1) is 18.0 Å². The number of rotatable bonds is 7. The Balaban J connectivity index is 2.82. The van der Waals surface area contributed by atoms with E-state index in [4.69, 9.17) is 4.74 Å². The molecule has 1 rings (SSSR count). The maximum atomic E-state index is 12.3. The van der Waals surface area contributed by atoms with E-state index >= 15 is 0 Å². The summed E-state index contributed by atoms with van der Waals surface area (Å²) in [5.74, 6) is 0.571. The van der Waals surface area contributed by atoms with E-state index in [1.165, 1.54) is 26.2 Å². The second-order valence-electron chi connectivity index (χ2n) is 5.61. The molecule has 0 heterocycles. The summed E-state index contributed by atoms with van der Waals surface area (Å²) in [6.45, 7) is 7.72. The minimum Gasteiger partial charge on any atom is -0.496 e. The van der Waals surface area contributed by atoms with Crippen LogP contribution in [0.5, 0.6) is 5.75 Å². The Kier molecular flexibility index (Phi) is 6.37. The van der Waals surface area contributed by atoms with E-state index in [9.17, 15) is 13.2 Å². The summed E-state index contributed by atoms with van der Waals surface area (Å²) in [6.07, 6.45) is 0. The lowest BCUT2D eigenvalue weighted by Gasteiger charge is -2.16. The summed E-state index contributed by atoms with van der Waals surface area (Å²) in [5.41, 5.74) is 0.710. The standard InChI is InChI=1S/C15H24N2O4S/c1-10(2)9-16-15(18)12(4)17-22(19,20)13-6-7-14(21-5)11(3)8-13/h6-8,10,12,17H,9H2,1-5H3,(H,16,18)/t12-/m1/s1. The monoisotopic (exact) mass is 328 g/mol. The van der Waals surface area contributed by atoms with E-state index in [1.54, 1.807) is 13.0 Å². The molecule has 0 spiro atoms. The minimum atomic E-state index is -3.76. The van der Waals surface area contributed by atoms with E-state index in [0.717, 1.165) is 0 Å². The third-order valence-electron chi connectivity index (χ3n) is 3.09. The zero-order valence-corrected chi connectivity index (χ0v) is 14.5. The number of aryl methyl sites for hydroxylation is 1.